The number of nitrogens with zero attached hydrogens (tertiary/aromatic N) is 3. The number of aryl methyl sites for hydroxylation is 1. The Kier molecular flexibility index (Phi) is 5.08. The number of aliphatic hydroxyl groups is 1. The van der Waals surface area contributed by atoms with Crippen molar-refractivity contribution in [2.24, 2.45) is 0 Å². The molecule has 0 atom stereocenters. The molecule has 0 aromatic carbocycles. The van der Waals surface area contributed by atoms with Gasteiger partial charge in [-0.2, -0.15) is 5.10 Å². The van der Waals surface area contributed by atoms with Gasteiger partial charge in [0.25, 0.3) is 0 Å². The second-order valence-electron chi connectivity index (χ2n) is 5.17. The van der Waals surface area contributed by atoms with Crippen LogP contribution in [0.4, 0.5) is 0 Å². The van der Waals surface area contributed by atoms with Crippen LogP contribution in [0.2, 0.25) is 0 Å². The van der Waals surface area contributed by atoms with Crippen LogP contribution < -0.4 is 10.6 Å². The smallest absolute Gasteiger partial charge is 0.303 e. The highest BCUT2D eigenvalue weighted by Crippen LogP contribution is 2.06. The Morgan fingerprint density at radius 2 is 2.05 bits per heavy atom. The van der Waals surface area contributed by atoms with Crippen LogP contribution >= 0.6 is 0 Å². The van der Waals surface area contributed by atoms with Crippen LogP contribution in [0.5, 0.6) is 0 Å². The van der Waals surface area contributed by atoms with Gasteiger partial charge in [-0.3, -0.25) is 9.59 Å². The van der Waals surface area contributed by atoms with Crippen LogP contribution in [0.25, 0.3) is 11.4 Å². The molecule has 0 aliphatic heterocycles. The van der Waals surface area contributed by atoms with E-state index in [0.717, 1.165) is 25.0 Å². The number of pyridine rings is 1. The Balaban J connectivity index is 2.49. The molecule has 7 heteroatoms. The topological polar surface area (TPSA) is 105 Å². The van der Waals surface area contributed by atoms with Crippen LogP contribution in [0.15, 0.2) is 17.2 Å². The number of rotatable bonds is 7. The molecule has 118 valence electrons. The third kappa shape index (κ3) is 3.41. The number of aliphatic hydroxyl groups excluding tert-OH is 1. The Morgan fingerprint density at radius 1 is 1.27 bits per heavy atom. The van der Waals surface area contributed by atoms with Gasteiger partial charge in [-0.1, -0.05) is 19.8 Å². The molecular weight excluding hydrogens is 286 g/mol. The van der Waals surface area contributed by atoms with Crippen molar-refractivity contribution in [3.63, 3.8) is 0 Å². The molecule has 0 aliphatic carbocycles. The van der Waals surface area contributed by atoms with E-state index in [1.54, 1.807) is 4.52 Å². The van der Waals surface area contributed by atoms with Crippen LogP contribution in [0.3, 0.4) is 0 Å². The summed E-state index contributed by atoms with van der Waals surface area (Å²) in [6, 6.07) is 1.45. The van der Waals surface area contributed by atoms with Crippen molar-refractivity contribution in [1.82, 2.24) is 14.6 Å². The molecular formula is C15H19N3O4. The Labute approximate surface area is 126 Å². The number of unbranched alkanes of at least 4 members (excludes halogenated alkanes) is 2. The van der Waals surface area contributed by atoms with Crippen molar-refractivity contribution in [3.05, 3.63) is 33.5 Å². The maximum absolute atomic E-state index is 12.3. The van der Waals surface area contributed by atoms with E-state index in [2.05, 4.69) is 17.0 Å². The summed E-state index contributed by atoms with van der Waals surface area (Å²) < 4.78 is 1.55. The maximum atomic E-state index is 12.3. The van der Waals surface area contributed by atoms with E-state index in [0.29, 0.717) is 6.42 Å². The summed E-state index contributed by atoms with van der Waals surface area (Å²) in [4.78, 5) is 26.9. The lowest BCUT2D eigenvalue weighted by Crippen LogP contribution is -2.31. The van der Waals surface area contributed by atoms with Crippen molar-refractivity contribution in [2.75, 3.05) is 0 Å². The van der Waals surface area contributed by atoms with Gasteiger partial charge in [0.1, 0.15) is 17.3 Å². The molecule has 0 aliphatic rings. The number of hydrogen-bond donors (Lipinski definition) is 2. The first-order chi connectivity index (χ1) is 10.5. The van der Waals surface area contributed by atoms with E-state index >= 15 is 0 Å². The molecule has 0 amide bonds. The summed E-state index contributed by atoms with van der Waals surface area (Å²) in [5, 5.41) is 22.9. The SMILES string of the molecule is CCCCCc1cc(=O)/c(=C(/O)CCC(=O)O)c2ncnn12. The van der Waals surface area contributed by atoms with Crippen molar-refractivity contribution >= 4 is 17.4 Å². The fourth-order valence-electron chi connectivity index (χ4n) is 2.37. The van der Waals surface area contributed by atoms with E-state index in [4.69, 9.17) is 5.11 Å². The first-order valence-corrected chi connectivity index (χ1v) is 7.34. The van der Waals surface area contributed by atoms with Gasteiger partial charge in [-0.05, 0) is 12.8 Å². The lowest BCUT2D eigenvalue weighted by Gasteiger charge is -2.05. The number of aliphatic carboxylic acids is 1. The second kappa shape index (κ2) is 7.02. The highest BCUT2D eigenvalue weighted by atomic mass is 16.4. The summed E-state index contributed by atoms with van der Waals surface area (Å²) in [7, 11) is 0. The lowest BCUT2D eigenvalue weighted by atomic mass is 10.1. The summed E-state index contributed by atoms with van der Waals surface area (Å²) in [5.41, 5.74) is 0.678. The molecule has 2 aromatic rings. The quantitative estimate of drug-likeness (QED) is 0.741. The van der Waals surface area contributed by atoms with Crippen LogP contribution in [-0.4, -0.2) is 30.8 Å². The average molecular weight is 305 g/mol. The standard InChI is InChI=1S/C15H19N3O4/c1-2-3-4-5-10-8-12(20)14(11(19)6-7-13(21)22)15-16-9-17-18(10)15/h8-9,19H,2-7H2,1H3,(H,21,22)/b14-11-. The van der Waals surface area contributed by atoms with Gasteiger partial charge in [0.2, 0.25) is 0 Å². The molecule has 0 unspecified atom stereocenters. The fourth-order valence-corrected chi connectivity index (χ4v) is 2.37. The number of carboxylic acids is 1. The van der Waals surface area contributed by atoms with Crippen molar-refractivity contribution in [3.8, 4) is 0 Å². The van der Waals surface area contributed by atoms with Crippen molar-refractivity contribution < 1.29 is 15.0 Å². The van der Waals surface area contributed by atoms with Crippen LogP contribution in [0.1, 0.15) is 44.7 Å². The third-order valence-electron chi connectivity index (χ3n) is 3.49. The van der Waals surface area contributed by atoms with Gasteiger partial charge >= 0.3 is 5.97 Å². The number of hydrogen-bond acceptors (Lipinski definition) is 5. The second-order valence-corrected chi connectivity index (χ2v) is 5.17. The number of fused-ring (bicyclic) bond motifs is 1. The molecule has 0 saturated heterocycles. The minimum absolute atomic E-state index is 0.0398. The Hall–Kier alpha value is -2.44. The third-order valence-corrected chi connectivity index (χ3v) is 3.49. The summed E-state index contributed by atoms with van der Waals surface area (Å²) in [6.45, 7) is 2.10. The lowest BCUT2D eigenvalue weighted by molar-refractivity contribution is -0.136. The van der Waals surface area contributed by atoms with Crippen LogP contribution in [0, 0.1) is 0 Å². The molecule has 0 saturated carbocycles. The Bertz CT molecular complexity index is 782. The normalized spacial score (nSPS) is 12.6. The van der Waals surface area contributed by atoms with E-state index in [9.17, 15) is 14.7 Å². The van der Waals surface area contributed by atoms with Gasteiger partial charge in [-0.25, -0.2) is 9.50 Å². The molecule has 7 nitrogen and oxygen atoms in total. The summed E-state index contributed by atoms with van der Waals surface area (Å²) >= 11 is 0. The first kappa shape index (κ1) is 15.9. The average Bonchev–Trinajstić information content (AvgIpc) is 2.94. The van der Waals surface area contributed by atoms with Gasteiger partial charge in [0.15, 0.2) is 11.1 Å². The predicted molar refractivity (Wildman–Crippen MR) is 80.6 cm³/mol. The molecule has 2 heterocycles. The summed E-state index contributed by atoms with van der Waals surface area (Å²) in [5.74, 6) is -1.29. The van der Waals surface area contributed by atoms with Crippen molar-refractivity contribution in [1.29, 1.82) is 0 Å². The highest BCUT2D eigenvalue weighted by Gasteiger charge is 2.12. The van der Waals surface area contributed by atoms with Crippen LogP contribution in [-0.2, 0) is 11.2 Å². The zero-order valence-electron chi connectivity index (χ0n) is 12.4. The zero-order chi connectivity index (χ0) is 16.1. The highest BCUT2D eigenvalue weighted by molar-refractivity contribution is 5.68. The van der Waals surface area contributed by atoms with Gasteiger partial charge < -0.3 is 10.2 Å². The molecule has 2 rings (SSSR count). The summed E-state index contributed by atoms with van der Waals surface area (Å²) in [6.07, 6.45) is 4.75. The van der Waals surface area contributed by atoms with Crippen molar-refractivity contribution in [2.45, 2.75) is 45.4 Å². The molecule has 0 spiro atoms. The fraction of sp³-hybridized carbons (Fsp3) is 0.467. The van der Waals surface area contributed by atoms with E-state index in [1.807, 2.05) is 0 Å². The maximum Gasteiger partial charge on any atom is 0.303 e. The van der Waals surface area contributed by atoms with E-state index in [1.165, 1.54) is 12.4 Å². The molecule has 0 fully saturated rings. The van der Waals surface area contributed by atoms with Gasteiger partial charge in [-0.15, -0.1) is 0 Å². The molecule has 0 radical (unpaired) electrons. The largest absolute Gasteiger partial charge is 0.511 e. The molecule has 0 bridgehead atoms. The van der Waals surface area contributed by atoms with E-state index < -0.39 is 5.97 Å². The van der Waals surface area contributed by atoms with E-state index in [-0.39, 0.29) is 34.9 Å². The minimum Gasteiger partial charge on any atom is -0.511 e. The minimum atomic E-state index is -1.03. The monoisotopic (exact) mass is 305 g/mol. The van der Waals surface area contributed by atoms with Gasteiger partial charge in [0.05, 0.1) is 6.42 Å². The zero-order valence-corrected chi connectivity index (χ0v) is 12.4. The molecule has 2 N–H and O–H groups in total. The predicted octanol–water partition coefficient (Wildman–Crippen LogP) is 1.07. The van der Waals surface area contributed by atoms with Gasteiger partial charge in [0, 0.05) is 18.2 Å². The number of aromatic nitrogens is 3. The number of carbonyl (C=O) groups is 1. The molecule has 2 aromatic heterocycles. The Morgan fingerprint density at radius 3 is 2.73 bits per heavy atom. The number of carboxylic acid groups (broad SMARTS) is 1. The first-order valence-electron chi connectivity index (χ1n) is 7.34. The molecule has 22 heavy (non-hydrogen) atoms.